The zero-order valence-electron chi connectivity index (χ0n) is 19.9. The molecule has 7 nitrogen and oxygen atoms in total. The number of halogens is 2. The smallest absolute Gasteiger partial charge is 0.223 e. The second kappa shape index (κ2) is 11.8. The quantitative estimate of drug-likeness (QED) is 0.482. The predicted octanol–water partition coefficient (Wildman–Crippen LogP) is 2.89. The zero-order chi connectivity index (χ0) is 25.6. The first kappa shape index (κ1) is 26.9. The number of carbonyl (C=O) groups excluding carboxylic acids is 2. The fourth-order valence-corrected chi connectivity index (χ4v) is 5.63. The number of aryl methyl sites for hydroxylation is 1. The number of ketones is 1. The molecule has 1 atom stereocenters. The van der Waals surface area contributed by atoms with Crippen molar-refractivity contribution in [2.45, 2.75) is 26.2 Å². The van der Waals surface area contributed by atoms with Gasteiger partial charge in [-0.25, -0.2) is 21.9 Å². The summed E-state index contributed by atoms with van der Waals surface area (Å²) in [6.45, 7) is 2.40. The van der Waals surface area contributed by atoms with E-state index in [9.17, 15) is 26.8 Å². The molecule has 2 aromatic rings. The van der Waals surface area contributed by atoms with Crippen LogP contribution in [0.5, 0.6) is 0 Å². The molecule has 10 heteroatoms. The predicted molar refractivity (Wildman–Crippen MR) is 130 cm³/mol. The average molecular weight is 508 g/mol. The summed E-state index contributed by atoms with van der Waals surface area (Å²) in [6.07, 6.45) is 1.72. The van der Waals surface area contributed by atoms with Gasteiger partial charge in [0.2, 0.25) is 15.9 Å². The van der Waals surface area contributed by atoms with Gasteiger partial charge in [0, 0.05) is 26.1 Å². The molecule has 0 aromatic heterocycles. The fraction of sp³-hybridized carbons (Fsp3) is 0.440. The Hall–Kier alpha value is -2.69. The molecule has 0 aliphatic carbocycles. The number of nitrogens with one attached hydrogen (secondary N) is 2. The molecule has 0 saturated carbocycles. The van der Waals surface area contributed by atoms with E-state index in [1.54, 1.807) is 18.0 Å². The summed E-state index contributed by atoms with van der Waals surface area (Å²) in [5.74, 6) is -2.41. The second-order valence-corrected chi connectivity index (χ2v) is 10.7. The van der Waals surface area contributed by atoms with E-state index in [1.807, 2.05) is 0 Å². The third kappa shape index (κ3) is 7.39. The van der Waals surface area contributed by atoms with E-state index in [-0.39, 0.29) is 28.7 Å². The number of hydrogen-bond donors (Lipinski definition) is 2. The lowest BCUT2D eigenvalue weighted by molar-refractivity contribution is -0.132. The highest BCUT2D eigenvalue weighted by molar-refractivity contribution is 7.89. The maximum absolute atomic E-state index is 14.7. The van der Waals surface area contributed by atoms with Crippen molar-refractivity contribution in [3.8, 4) is 11.1 Å². The minimum absolute atomic E-state index is 0.0198. The largest absolute Gasteiger partial charge is 0.342 e. The Morgan fingerprint density at radius 1 is 1.14 bits per heavy atom. The molecule has 1 heterocycles. The Bertz CT molecular complexity index is 1190. The summed E-state index contributed by atoms with van der Waals surface area (Å²) in [7, 11) is -2.07. The summed E-state index contributed by atoms with van der Waals surface area (Å²) in [5, 5.41) is 2.92. The van der Waals surface area contributed by atoms with E-state index in [0.717, 1.165) is 0 Å². The summed E-state index contributed by atoms with van der Waals surface area (Å²) < 4.78 is 55.9. The van der Waals surface area contributed by atoms with Crippen LogP contribution in [-0.2, 0) is 14.8 Å². The Morgan fingerprint density at radius 3 is 2.63 bits per heavy atom. The van der Waals surface area contributed by atoms with E-state index in [1.165, 1.54) is 37.3 Å². The van der Waals surface area contributed by atoms with Gasteiger partial charge >= 0.3 is 0 Å². The minimum Gasteiger partial charge on any atom is -0.342 e. The Kier molecular flexibility index (Phi) is 9.09. The highest BCUT2D eigenvalue weighted by atomic mass is 32.2. The van der Waals surface area contributed by atoms with Crippen LogP contribution < -0.4 is 10.0 Å². The Labute approximate surface area is 205 Å². The lowest BCUT2D eigenvalue weighted by Gasteiger charge is -2.32. The molecular formula is C25H31F2N3O4S. The van der Waals surface area contributed by atoms with Crippen LogP contribution in [0.4, 0.5) is 8.78 Å². The van der Waals surface area contributed by atoms with Gasteiger partial charge < -0.3 is 10.2 Å². The van der Waals surface area contributed by atoms with Gasteiger partial charge in [-0.15, -0.1) is 0 Å². The van der Waals surface area contributed by atoms with E-state index in [2.05, 4.69) is 10.0 Å². The number of benzene rings is 2. The third-order valence-corrected chi connectivity index (χ3v) is 7.58. The van der Waals surface area contributed by atoms with Crippen molar-refractivity contribution in [2.24, 2.45) is 5.92 Å². The molecule has 1 aliphatic heterocycles. The molecule has 35 heavy (non-hydrogen) atoms. The number of likely N-dealkylation sites (tertiary alicyclic amines) is 1. The van der Waals surface area contributed by atoms with Gasteiger partial charge in [-0.2, -0.15) is 0 Å². The third-order valence-electron chi connectivity index (χ3n) is 6.08. The highest BCUT2D eigenvalue weighted by Gasteiger charge is 2.28. The molecule has 1 unspecified atom stereocenters. The summed E-state index contributed by atoms with van der Waals surface area (Å²) in [4.78, 5) is 26.7. The van der Waals surface area contributed by atoms with Crippen molar-refractivity contribution in [3.63, 3.8) is 0 Å². The van der Waals surface area contributed by atoms with Gasteiger partial charge in [0.15, 0.2) is 5.78 Å². The van der Waals surface area contributed by atoms with Gasteiger partial charge in [-0.05, 0) is 73.7 Å². The molecule has 1 aliphatic rings. The second-order valence-electron chi connectivity index (χ2n) is 8.89. The molecule has 3 rings (SSSR count). The van der Waals surface area contributed by atoms with Crippen molar-refractivity contribution in [2.75, 3.05) is 39.0 Å². The maximum Gasteiger partial charge on any atom is 0.223 e. The lowest BCUT2D eigenvalue weighted by Crippen LogP contribution is -2.44. The van der Waals surface area contributed by atoms with E-state index < -0.39 is 34.0 Å². The molecular weight excluding hydrogens is 476 g/mol. The molecule has 1 saturated heterocycles. The van der Waals surface area contributed by atoms with Crippen LogP contribution in [0.15, 0.2) is 36.4 Å². The van der Waals surface area contributed by atoms with Crippen molar-refractivity contribution < 1.29 is 26.8 Å². The number of piperidine rings is 1. The van der Waals surface area contributed by atoms with Crippen molar-refractivity contribution >= 4 is 21.7 Å². The van der Waals surface area contributed by atoms with Gasteiger partial charge in [-0.3, -0.25) is 9.59 Å². The molecule has 2 aromatic carbocycles. The van der Waals surface area contributed by atoms with Crippen LogP contribution in [0.2, 0.25) is 0 Å². The number of hydrogen-bond acceptors (Lipinski definition) is 5. The van der Waals surface area contributed by atoms with Crippen LogP contribution in [0.3, 0.4) is 0 Å². The van der Waals surface area contributed by atoms with Crippen LogP contribution in [0, 0.1) is 24.5 Å². The van der Waals surface area contributed by atoms with Crippen molar-refractivity contribution in [1.82, 2.24) is 14.9 Å². The molecule has 190 valence electrons. The molecule has 0 radical (unpaired) electrons. The standard InChI is InChI=1S/C25H31F2N3O4S/c1-17-11-20(19-6-3-7-21(26)12-19)13-22(25(17)27)23(31)14-29-35(33,34)16-18-5-4-10-30(15-18)24(32)8-9-28-2/h3,6-7,11-13,18,28-29H,4-5,8-10,14-16H2,1-2H3. The van der Waals surface area contributed by atoms with Crippen LogP contribution >= 0.6 is 0 Å². The SMILES string of the molecule is CNCCC(=O)N1CCCC(CS(=O)(=O)NCC(=O)c2cc(-c3cccc(F)c3)cc(C)c2F)C1. The summed E-state index contributed by atoms with van der Waals surface area (Å²) >= 11 is 0. The Morgan fingerprint density at radius 2 is 1.91 bits per heavy atom. The van der Waals surface area contributed by atoms with E-state index in [0.29, 0.717) is 50.0 Å². The summed E-state index contributed by atoms with van der Waals surface area (Å²) in [6, 6.07) is 8.54. The topological polar surface area (TPSA) is 95.6 Å². The monoisotopic (exact) mass is 507 g/mol. The van der Waals surface area contributed by atoms with Crippen LogP contribution in [0.1, 0.15) is 35.2 Å². The number of carbonyl (C=O) groups is 2. The first-order valence-electron chi connectivity index (χ1n) is 11.6. The average Bonchev–Trinajstić information content (AvgIpc) is 2.82. The van der Waals surface area contributed by atoms with E-state index >= 15 is 0 Å². The molecule has 1 amide bonds. The first-order chi connectivity index (χ1) is 16.6. The van der Waals surface area contributed by atoms with Gasteiger partial charge in [0.05, 0.1) is 17.9 Å². The minimum atomic E-state index is -3.83. The number of sulfonamides is 1. The van der Waals surface area contributed by atoms with Gasteiger partial charge in [-0.1, -0.05) is 12.1 Å². The summed E-state index contributed by atoms with van der Waals surface area (Å²) in [5.41, 5.74) is 0.878. The number of rotatable bonds is 10. The van der Waals surface area contributed by atoms with Gasteiger partial charge in [0.1, 0.15) is 11.6 Å². The molecule has 2 N–H and O–H groups in total. The molecule has 0 bridgehead atoms. The zero-order valence-corrected chi connectivity index (χ0v) is 20.8. The lowest BCUT2D eigenvalue weighted by atomic mass is 9.97. The number of nitrogens with zero attached hydrogens (tertiary/aromatic N) is 1. The number of Topliss-reactive ketones (excluding diaryl/α,β-unsaturated/α-hetero) is 1. The van der Waals surface area contributed by atoms with Gasteiger partial charge in [0.25, 0.3) is 0 Å². The fourth-order valence-electron chi connectivity index (χ4n) is 4.26. The molecule has 0 spiro atoms. The van der Waals surface area contributed by atoms with Crippen molar-refractivity contribution in [1.29, 1.82) is 0 Å². The van der Waals surface area contributed by atoms with Crippen LogP contribution in [-0.4, -0.2) is 64.0 Å². The number of amides is 1. The molecule has 1 fully saturated rings. The Balaban J connectivity index is 1.65. The highest BCUT2D eigenvalue weighted by Crippen LogP contribution is 2.26. The van der Waals surface area contributed by atoms with Crippen molar-refractivity contribution in [3.05, 3.63) is 59.2 Å². The van der Waals surface area contributed by atoms with Crippen LogP contribution in [0.25, 0.3) is 11.1 Å². The first-order valence-corrected chi connectivity index (χ1v) is 13.2. The maximum atomic E-state index is 14.7. The van der Waals surface area contributed by atoms with E-state index in [4.69, 9.17) is 0 Å². The normalized spacial score (nSPS) is 16.3.